The highest BCUT2D eigenvalue weighted by Gasteiger charge is 2.18. The predicted molar refractivity (Wildman–Crippen MR) is 84.7 cm³/mol. The summed E-state index contributed by atoms with van der Waals surface area (Å²) < 4.78 is 16.3. The van der Waals surface area contributed by atoms with Gasteiger partial charge in [-0.2, -0.15) is 0 Å². The van der Waals surface area contributed by atoms with Gasteiger partial charge in [-0.1, -0.05) is 0 Å². The number of ether oxygens (including phenoxy) is 3. The summed E-state index contributed by atoms with van der Waals surface area (Å²) in [7, 11) is 3.19. The molecule has 118 valence electrons. The maximum Gasteiger partial charge on any atom is 0.305 e. The predicted octanol–water partition coefficient (Wildman–Crippen LogP) is 3.20. The molecule has 0 saturated heterocycles. The van der Waals surface area contributed by atoms with Gasteiger partial charge in [-0.3, -0.25) is 4.79 Å². The molecule has 0 fully saturated rings. The van der Waals surface area contributed by atoms with Gasteiger partial charge in [-0.15, -0.1) is 0 Å². The zero-order valence-corrected chi connectivity index (χ0v) is 14.2. The largest absolute Gasteiger partial charge is 0.495 e. The Labute approximate surface area is 133 Å². The third kappa shape index (κ3) is 4.89. The smallest absolute Gasteiger partial charge is 0.305 e. The molecule has 0 bridgehead atoms. The Hall–Kier alpha value is -1.27. The lowest BCUT2D eigenvalue weighted by Gasteiger charge is -2.18. The molecule has 1 unspecified atom stereocenters. The van der Waals surface area contributed by atoms with E-state index in [4.69, 9.17) is 19.9 Å². The van der Waals surface area contributed by atoms with Crippen molar-refractivity contribution >= 4 is 21.9 Å². The van der Waals surface area contributed by atoms with Gasteiger partial charge in [0.2, 0.25) is 0 Å². The van der Waals surface area contributed by atoms with E-state index in [1.807, 2.05) is 12.1 Å². The average molecular weight is 360 g/mol. The molecule has 0 spiro atoms. The minimum absolute atomic E-state index is 0.187. The van der Waals surface area contributed by atoms with Gasteiger partial charge < -0.3 is 19.9 Å². The number of benzene rings is 1. The first-order valence-corrected chi connectivity index (χ1v) is 7.66. The molecule has 1 atom stereocenters. The molecular weight excluding hydrogens is 338 g/mol. The number of carbonyl (C=O) groups excluding carboxylic acids is 1. The van der Waals surface area contributed by atoms with E-state index in [1.54, 1.807) is 21.1 Å². The minimum atomic E-state index is -0.211. The Bertz CT molecular complexity index is 479. The molecule has 0 aromatic heterocycles. The van der Waals surface area contributed by atoms with Crippen LogP contribution in [0.3, 0.4) is 0 Å². The van der Waals surface area contributed by atoms with Gasteiger partial charge in [0, 0.05) is 18.0 Å². The van der Waals surface area contributed by atoms with Crippen molar-refractivity contribution in [3.63, 3.8) is 0 Å². The van der Waals surface area contributed by atoms with E-state index in [2.05, 4.69) is 15.9 Å². The molecule has 1 rings (SSSR count). The van der Waals surface area contributed by atoms with Gasteiger partial charge in [0.15, 0.2) is 0 Å². The fourth-order valence-corrected chi connectivity index (χ4v) is 2.75. The summed E-state index contributed by atoms with van der Waals surface area (Å²) in [5.74, 6) is 1.17. The summed E-state index contributed by atoms with van der Waals surface area (Å²) in [6.07, 6.45) is 1.72. The zero-order chi connectivity index (χ0) is 15.8. The standard InChI is InChI=1S/C15H22BrNO4/c1-4-21-13(18)7-5-6-11(17)10-8-9-12(19-2)14(16)15(10)20-3/h8-9,11H,4-7,17H2,1-3H3. The first-order valence-electron chi connectivity index (χ1n) is 6.86. The summed E-state index contributed by atoms with van der Waals surface area (Å²) >= 11 is 3.45. The Kier molecular flexibility index (Phi) is 7.53. The van der Waals surface area contributed by atoms with Crippen LogP contribution >= 0.6 is 15.9 Å². The monoisotopic (exact) mass is 359 g/mol. The minimum Gasteiger partial charge on any atom is -0.495 e. The molecule has 5 nitrogen and oxygen atoms in total. The van der Waals surface area contributed by atoms with Crippen LogP contribution in [0.2, 0.25) is 0 Å². The Balaban J connectivity index is 2.72. The van der Waals surface area contributed by atoms with Crippen LogP contribution < -0.4 is 15.2 Å². The topological polar surface area (TPSA) is 70.8 Å². The fourth-order valence-electron chi connectivity index (χ4n) is 2.06. The number of halogens is 1. The average Bonchev–Trinajstić information content (AvgIpc) is 2.47. The Morgan fingerprint density at radius 2 is 2.05 bits per heavy atom. The van der Waals surface area contributed by atoms with Crippen molar-refractivity contribution in [1.29, 1.82) is 0 Å². The Morgan fingerprint density at radius 3 is 2.62 bits per heavy atom. The van der Waals surface area contributed by atoms with Crippen LogP contribution in [0.5, 0.6) is 11.5 Å². The van der Waals surface area contributed by atoms with E-state index in [0.29, 0.717) is 37.4 Å². The van der Waals surface area contributed by atoms with Gasteiger partial charge in [0.1, 0.15) is 16.0 Å². The molecule has 21 heavy (non-hydrogen) atoms. The van der Waals surface area contributed by atoms with Crippen LogP contribution in [0, 0.1) is 0 Å². The first kappa shape index (κ1) is 17.8. The highest BCUT2D eigenvalue weighted by molar-refractivity contribution is 9.10. The maximum atomic E-state index is 11.3. The van der Waals surface area contributed by atoms with Crippen LogP contribution in [0.15, 0.2) is 16.6 Å². The molecule has 2 N–H and O–H groups in total. The van der Waals surface area contributed by atoms with Crippen LogP contribution in [0.4, 0.5) is 0 Å². The van der Waals surface area contributed by atoms with Crippen LogP contribution in [0.25, 0.3) is 0 Å². The lowest BCUT2D eigenvalue weighted by atomic mass is 10.0. The molecule has 1 aromatic carbocycles. The quantitative estimate of drug-likeness (QED) is 0.721. The van der Waals surface area contributed by atoms with Crippen LogP contribution in [0.1, 0.15) is 37.8 Å². The van der Waals surface area contributed by atoms with Crippen molar-refractivity contribution in [2.24, 2.45) is 5.73 Å². The number of carbonyl (C=O) groups is 1. The lowest BCUT2D eigenvalue weighted by molar-refractivity contribution is -0.143. The van der Waals surface area contributed by atoms with E-state index in [9.17, 15) is 4.79 Å². The van der Waals surface area contributed by atoms with Crippen LogP contribution in [-0.4, -0.2) is 26.8 Å². The summed E-state index contributed by atoms with van der Waals surface area (Å²) in [5, 5.41) is 0. The van der Waals surface area contributed by atoms with Gasteiger partial charge in [-0.25, -0.2) is 0 Å². The Morgan fingerprint density at radius 1 is 1.33 bits per heavy atom. The van der Waals surface area contributed by atoms with Crippen molar-refractivity contribution in [3.05, 3.63) is 22.2 Å². The van der Waals surface area contributed by atoms with E-state index in [0.717, 1.165) is 10.0 Å². The second kappa shape index (κ2) is 8.89. The second-order valence-electron chi connectivity index (χ2n) is 4.51. The number of methoxy groups -OCH3 is 2. The second-order valence-corrected chi connectivity index (χ2v) is 5.30. The lowest BCUT2D eigenvalue weighted by Crippen LogP contribution is -2.13. The van der Waals surface area contributed by atoms with E-state index >= 15 is 0 Å². The SMILES string of the molecule is CCOC(=O)CCCC(N)c1ccc(OC)c(Br)c1OC. The van der Waals surface area contributed by atoms with Crippen molar-refractivity contribution in [2.75, 3.05) is 20.8 Å². The number of nitrogens with two attached hydrogens (primary N) is 1. The number of esters is 1. The molecule has 0 saturated carbocycles. The number of hydrogen-bond donors (Lipinski definition) is 1. The van der Waals surface area contributed by atoms with Crippen molar-refractivity contribution in [3.8, 4) is 11.5 Å². The molecule has 0 radical (unpaired) electrons. The molecule has 0 aliphatic rings. The van der Waals surface area contributed by atoms with Gasteiger partial charge in [-0.05, 0) is 47.8 Å². The molecular formula is C15H22BrNO4. The molecule has 0 aliphatic heterocycles. The van der Waals surface area contributed by atoms with E-state index in [1.165, 1.54) is 0 Å². The first-order chi connectivity index (χ1) is 10.0. The van der Waals surface area contributed by atoms with Gasteiger partial charge >= 0.3 is 5.97 Å². The summed E-state index contributed by atoms with van der Waals surface area (Å²) in [4.78, 5) is 11.3. The summed E-state index contributed by atoms with van der Waals surface area (Å²) in [6, 6.07) is 3.52. The summed E-state index contributed by atoms with van der Waals surface area (Å²) in [5.41, 5.74) is 7.08. The van der Waals surface area contributed by atoms with Gasteiger partial charge in [0.25, 0.3) is 0 Å². The van der Waals surface area contributed by atoms with Crippen molar-refractivity contribution < 1.29 is 19.0 Å². The third-order valence-corrected chi connectivity index (χ3v) is 3.87. The van der Waals surface area contributed by atoms with Crippen molar-refractivity contribution in [1.82, 2.24) is 0 Å². The van der Waals surface area contributed by atoms with Gasteiger partial charge in [0.05, 0.1) is 20.8 Å². The number of rotatable bonds is 8. The highest BCUT2D eigenvalue weighted by Crippen LogP contribution is 2.40. The zero-order valence-electron chi connectivity index (χ0n) is 12.6. The van der Waals surface area contributed by atoms with E-state index < -0.39 is 0 Å². The molecule has 1 aromatic rings. The molecule has 0 heterocycles. The van der Waals surface area contributed by atoms with E-state index in [-0.39, 0.29) is 12.0 Å². The van der Waals surface area contributed by atoms with Crippen LogP contribution in [-0.2, 0) is 9.53 Å². The fraction of sp³-hybridized carbons (Fsp3) is 0.533. The van der Waals surface area contributed by atoms with Crippen molar-refractivity contribution in [2.45, 2.75) is 32.2 Å². The summed E-state index contributed by atoms with van der Waals surface area (Å²) in [6.45, 7) is 2.20. The molecule has 0 aliphatic carbocycles. The number of hydrogen-bond acceptors (Lipinski definition) is 5. The normalized spacial score (nSPS) is 11.9. The third-order valence-electron chi connectivity index (χ3n) is 3.12. The maximum absolute atomic E-state index is 11.3. The highest BCUT2D eigenvalue weighted by atomic mass is 79.9. The molecule has 0 amide bonds. The molecule has 6 heteroatoms.